The van der Waals surface area contributed by atoms with Crippen molar-refractivity contribution in [2.24, 2.45) is 5.41 Å². The number of benzene rings is 1. The van der Waals surface area contributed by atoms with E-state index < -0.39 is 5.91 Å². The molecule has 1 amide bonds. The highest BCUT2D eigenvalue weighted by molar-refractivity contribution is 5.93. The molecule has 5 aliphatic rings. The largest absolute Gasteiger partial charge is 0.298 e. The van der Waals surface area contributed by atoms with Crippen LogP contribution in [0, 0.1) is 11.2 Å². The van der Waals surface area contributed by atoms with Crippen molar-refractivity contribution in [1.29, 1.82) is 0 Å². The van der Waals surface area contributed by atoms with Crippen LogP contribution in [-0.2, 0) is 13.0 Å². The van der Waals surface area contributed by atoms with E-state index in [2.05, 4.69) is 9.80 Å². The molecule has 0 radical (unpaired) electrons. The van der Waals surface area contributed by atoms with Gasteiger partial charge in [-0.25, -0.2) is 9.87 Å². The number of nitrogens with one attached hydrogen (secondary N) is 1. The van der Waals surface area contributed by atoms with Gasteiger partial charge in [0, 0.05) is 43.8 Å². The summed E-state index contributed by atoms with van der Waals surface area (Å²) >= 11 is 0. The molecule has 2 saturated heterocycles. The van der Waals surface area contributed by atoms with Gasteiger partial charge in [-0.1, -0.05) is 0 Å². The molecule has 4 fully saturated rings. The standard InChI is InChI=1S/C19H24FN3O2/c20-17-6-12(18(24)21-25)5-13-9-22(4-3-16(13)17)10-19-7-15(8-19)23(11-19)14-1-2-14/h5-6,14-15,25H,1-4,7-11H2,(H,21,24). The van der Waals surface area contributed by atoms with Crippen LogP contribution in [-0.4, -0.2) is 52.6 Å². The fraction of sp³-hybridized carbons (Fsp3) is 0.632. The molecule has 3 aliphatic heterocycles. The summed E-state index contributed by atoms with van der Waals surface area (Å²) in [6, 6.07) is 4.61. The van der Waals surface area contributed by atoms with Gasteiger partial charge < -0.3 is 0 Å². The highest BCUT2D eigenvalue weighted by Gasteiger charge is 2.58. The number of halogens is 1. The number of hydrogen-bond acceptors (Lipinski definition) is 4. The van der Waals surface area contributed by atoms with Gasteiger partial charge in [0.25, 0.3) is 5.91 Å². The Morgan fingerprint density at radius 3 is 2.84 bits per heavy atom. The lowest BCUT2D eigenvalue weighted by Crippen LogP contribution is -2.45. The number of nitrogens with zero attached hydrogens (tertiary/aromatic N) is 2. The highest BCUT2D eigenvalue weighted by atomic mass is 19.1. The maximum absolute atomic E-state index is 14.3. The second-order valence-corrected chi connectivity index (χ2v) is 8.46. The molecule has 0 spiro atoms. The Balaban J connectivity index is 1.31. The van der Waals surface area contributed by atoms with E-state index in [9.17, 15) is 9.18 Å². The molecule has 0 aromatic heterocycles. The Morgan fingerprint density at radius 1 is 1.32 bits per heavy atom. The van der Waals surface area contributed by atoms with Gasteiger partial charge in [-0.15, -0.1) is 0 Å². The second-order valence-electron chi connectivity index (χ2n) is 8.46. The van der Waals surface area contributed by atoms with Crippen LogP contribution in [0.2, 0.25) is 0 Å². The monoisotopic (exact) mass is 345 g/mol. The number of fused-ring (bicyclic) bond motifs is 2. The molecular weight excluding hydrogens is 321 g/mol. The summed E-state index contributed by atoms with van der Waals surface area (Å²) in [7, 11) is 0. The van der Waals surface area contributed by atoms with Crippen LogP contribution in [0.1, 0.15) is 47.2 Å². The Bertz CT molecular complexity index is 728. The van der Waals surface area contributed by atoms with E-state index in [1.165, 1.54) is 38.3 Å². The molecule has 6 rings (SSSR count). The van der Waals surface area contributed by atoms with Crippen LogP contribution in [0.3, 0.4) is 0 Å². The van der Waals surface area contributed by atoms with Gasteiger partial charge in [0.1, 0.15) is 5.82 Å². The summed E-state index contributed by atoms with van der Waals surface area (Å²) in [6.07, 6.45) is 6.06. The lowest BCUT2D eigenvalue weighted by atomic mass is 9.69. The fourth-order valence-corrected chi connectivity index (χ4v) is 5.34. The molecule has 1 aromatic carbocycles. The first-order valence-corrected chi connectivity index (χ1v) is 9.31. The van der Waals surface area contributed by atoms with Gasteiger partial charge in [-0.05, 0) is 60.8 Å². The van der Waals surface area contributed by atoms with E-state index in [1.54, 1.807) is 11.5 Å². The quantitative estimate of drug-likeness (QED) is 0.647. The first-order chi connectivity index (χ1) is 12.1. The highest BCUT2D eigenvalue weighted by Crippen LogP contribution is 2.55. The first-order valence-electron chi connectivity index (χ1n) is 9.31. The summed E-state index contributed by atoms with van der Waals surface area (Å²) < 4.78 is 14.3. The van der Waals surface area contributed by atoms with Gasteiger partial charge in [0.05, 0.1) is 0 Å². The van der Waals surface area contributed by atoms with Crippen molar-refractivity contribution in [3.63, 3.8) is 0 Å². The molecule has 25 heavy (non-hydrogen) atoms. The summed E-state index contributed by atoms with van der Waals surface area (Å²) in [5, 5.41) is 8.80. The van der Waals surface area contributed by atoms with Gasteiger partial charge in [-0.2, -0.15) is 0 Å². The van der Waals surface area contributed by atoms with Gasteiger partial charge >= 0.3 is 0 Å². The third-order valence-corrected chi connectivity index (χ3v) is 6.62. The molecule has 2 N–H and O–H groups in total. The van der Waals surface area contributed by atoms with Crippen LogP contribution in [0.4, 0.5) is 4.39 Å². The molecule has 1 aromatic rings. The zero-order valence-corrected chi connectivity index (χ0v) is 14.3. The number of hydroxylamine groups is 1. The predicted octanol–water partition coefficient (Wildman–Crippen LogP) is 1.93. The normalized spacial score (nSPS) is 31.5. The van der Waals surface area contributed by atoms with Gasteiger partial charge in [0.15, 0.2) is 0 Å². The van der Waals surface area contributed by atoms with Crippen LogP contribution in [0.5, 0.6) is 0 Å². The summed E-state index contributed by atoms with van der Waals surface area (Å²) in [6.45, 7) is 3.87. The van der Waals surface area contributed by atoms with Crippen molar-refractivity contribution in [3.05, 3.63) is 34.6 Å². The number of carbonyl (C=O) groups is 1. The zero-order chi connectivity index (χ0) is 17.2. The van der Waals surface area contributed by atoms with Crippen LogP contribution < -0.4 is 5.48 Å². The summed E-state index contributed by atoms with van der Waals surface area (Å²) in [4.78, 5) is 16.8. The topological polar surface area (TPSA) is 55.8 Å². The molecule has 6 heteroatoms. The minimum atomic E-state index is -0.657. The molecule has 2 saturated carbocycles. The zero-order valence-electron chi connectivity index (χ0n) is 14.3. The van der Waals surface area contributed by atoms with Gasteiger partial charge in [0.2, 0.25) is 0 Å². The van der Waals surface area contributed by atoms with E-state index in [1.807, 2.05) is 0 Å². The fourth-order valence-electron chi connectivity index (χ4n) is 5.34. The number of carbonyl (C=O) groups excluding carboxylic acids is 1. The molecule has 3 heterocycles. The maximum atomic E-state index is 14.3. The Kier molecular flexibility index (Phi) is 3.46. The predicted molar refractivity (Wildman–Crippen MR) is 89.8 cm³/mol. The molecular formula is C19H24FN3O2. The van der Waals surface area contributed by atoms with Crippen molar-refractivity contribution in [2.75, 3.05) is 19.6 Å². The Hall–Kier alpha value is -1.50. The Labute approximate surface area is 146 Å². The van der Waals surface area contributed by atoms with Crippen molar-refractivity contribution in [3.8, 4) is 0 Å². The minimum absolute atomic E-state index is 0.184. The lowest BCUT2D eigenvalue weighted by Gasteiger charge is -2.42. The average molecular weight is 345 g/mol. The SMILES string of the molecule is O=C(NO)c1cc(F)c2c(c1)CN(CC13CC(C1)N(C1CC1)C3)CC2. The van der Waals surface area contributed by atoms with Crippen molar-refractivity contribution >= 4 is 5.91 Å². The maximum Gasteiger partial charge on any atom is 0.274 e. The van der Waals surface area contributed by atoms with E-state index in [4.69, 9.17) is 5.21 Å². The number of amides is 1. The molecule has 134 valence electrons. The molecule has 2 bridgehead atoms. The average Bonchev–Trinajstić information content (AvgIpc) is 3.28. The van der Waals surface area contributed by atoms with Crippen molar-refractivity contribution in [1.82, 2.24) is 15.3 Å². The second kappa shape index (κ2) is 5.50. The third kappa shape index (κ3) is 2.58. The van der Waals surface area contributed by atoms with E-state index in [0.717, 1.165) is 36.3 Å². The summed E-state index contributed by atoms with van der Waals surface area (Å²) in [5.41, 5.74) is 3.82. The minimum Gasteiger partial charge on any atom is -0.298 e. The first kappa shape index (κ1) is 15.7. The van der Waals surface area contributed by atoms with Crippen molar-refractivity contribution in [2.45, 2.75) is 50.7 Å². The van der Waals surface area contributed by atoms with E-state index in [-0.39, 0.29) is 11.4 Å². The van der Waals surface area contributed by atoms with Crippen LogP contribution in [0.15, 0.2) is 12.1 Å². The van der Waals surface area contributed by atoms with E-state index in [0.29, 0.717) is 18.4 Å². The Morgan fingerprint density at radius 2 is 2.12 bits per heavy atom. The smallest absolute Gasteiger partial charge is 0.274 e. The van der Waals surface area contributed by atoms with Crippen molar-refractivity contribution < 1.29 is 14.4 Å². The van der Waals surface area contributed by atoms with Crippen LogP contribution >= 0.6 is 0 Å². The van der Waals surface area contributed by atoms with E-state index >= 15 is 0 Å². The number of hydrogen-bond donors (Lipinski definition) is 2. The summed E-state index contributed by atoms with van der Waals surface area (Å²) in [5.74, 6) is -0.992. The van der Waals surface area contributed by atoms with Gasteiger partial charge in [-0.3, -0.25) is 19.8 Å². The van der Waals surface area contributed by atoms with Crippen LogP contribution in [0.25, 0.3) is 0 Å². The number of rotatable bonds is 4. The molecule has 5 nitrogen and oxygen atoms in total. The third-order valence-electron chi connectivity index (χ3n) is 6.62. The molecule has 0 atom stereocenters. The molecule has 2 aliphatic carbocycles. The molecule has 0 unspecified atom stereocenters. The lowest BCUT2D eigenvalue weighted by molar-refractivity contribution is 0.0704.